The molecule has 1 unspecified atom stereocenters. The second-order valence-electron chi connectivity index (χ2n) is 11.8. The number of Topliss-reactive ketones (excluding diaryl/α,β-unsaturated/α-hetero) is 2. The minimum absolute atomic E-state index is 0.0302. The van der Waals surface area contributed by atoms with Crippen LogP contribution in [0.5, 0.6) is 0 Å². The predicted octanol–water partition coefficient (Wildman–Crippen LogP) is 3.76. The highest BCUT2D eigenvalue weighted by Crippen LogP contribution is 2.70. The van der Waals surface area contributed by atoms with E-state index in [0.717, 1.165) is 30.5 Å². The van der Waals surface area contributed by atoms with Crippen LogP contribution in [0.15, 0.2) is 24.3 Å². The van der Waals surface area contributed by atoms with Crippen LogP contribution in [0.2, 0.25) is 0 Å². The minimum Gasteiger partial charge on any atom is -0.392 e. The number of carbonyl (C=O) groups is 2. The number of rotatable bonds is 3. The highest BCUT2D eigenvalue weighted by Gasteiger charge is 2.75. The average molecular weight is 440 g/mol. The summed E-state index contributed by atoms with van der Waals surface area (Å²) in [6, 6.07) is 8.03. The summed E-state index contributed by atoms with van der Waals surface area (Å²) in [7, 11) is 0. The molecule has 0 aliphatic heterocycles. The lowest BCUT2D eigenvalue weighted by Gasteiger charge is -2.64. The van der Waals surface area contributed by atoms with Crippen molar-refractivity contribution in [1.82, 2.24) is 0 Å². The lowest BCUT2D eigenvalue weighted by atomic mass is 9.39. The molecule has 1 aromatic rings. The Balaban J connectivity index is 1.50. The lowest BCUT2D eigenvalue weighted by Crippen LogP contribution is -2.68. The molecular weight excluding hydrogens is 402 g/mol. The molecule has 4 aliphatic carbocycles. The number of aliphatic hydroxyl groups excluding tert-OH is 2. The van der Waals surface area contributed by atoms with E-state index < -0.39 is 23.0 Å². The maximum absolute atomic E-state index is 14.1. The monoisotopic (exact) mass is 439 g/mol. The number of aryl methyl sites for hydroxylation is 1. The first-order valence-corrected chi connectivity index (χ1v) is 12.3. The SMILES string of the molecule is Cc1ccccc1NCC1C(=O)[C@@]23[C@H](O)C[C@@H]4C(C)(C)C(=O)CC[C@@]4(C)[C@@H]2CC[C@@H]1[C@H]3O. The third-order valence-corrected chi connectivity index (χ3v) is 10.3. The lowest BCUT2D eigenvalue weighted by molar-refractivity contribution is -0.222. The number of carbonyl (C=O) groups excluding carboxylic acids is 2. The molecule has 32 heavy (non-hydrogen) atoms. The normalized spacial score (nSPS) is 44.7. The van der Waals surface area contributed by atoms with E-state index in [0.29, 0.717) is 19.4 Å². The molecular formula is C27H37NO4. The van der Waals surface area contributed by atoms with Crippen molar-refractivity contribution >= 4 is 17.3 Å². The number of benzene rings is 1. The summed E-state index contributed by atoms with van der Waals surface area (Å²) in [5.41, 5.74) is 0.304. The van der Waals surface area contributed by atoms with Gasteiger partial charge in [-0.15, -0.1) is 0 Å². The Morgan fingerprint density at radius 3 is 2.50 bits per heavy atom. The van der Waals surface area contributed by atoms with Crippen LogP contribution < -0.4 is 5.32 Å². The quantitative estimate of drug-likeness (QED) is 0.668. The first-order valence-electron chi connectivity index (χ1n) is 12.3. The molecule has 3 N–H and O–H groups in total. The van der Waals surface area contributed by atoms with Crippen LogP contribution in [0.4, 0.5) is 5.69 Å². The van der Waals surface area contributed by atoms with Crippen LogP contribution in [0, 0.1) is 46.8 Å². The smallest absolute Gasteiger partial charge is 0.149 e. The van der Waals surface area contributed by atoms with E-state index in [9.17, 15) is 19.8 Å². The Kier molecular flexibility index (Phi) is 4.93. The second kappa shape index (κ2) is 7.14. The van der Waals surface area contributed by atoms with Crippen molar-refractivity contribution in [3.8, 4) is 0 Å². The van der Waals surface area contributed by atoms with E-state index in [1.807, 2.05) is 45.0 Å². The molecule has 0 aromatic heterocycles. The topological polar surface area (TPSA) is 86.6 Å². The zero-order valence-corrected chi connectivity index (χ0v) is 19.7. The first-order chi connectivity index (χ1) is 15.1. The van der Waals surface area contributed by atoms with Crippen LogP contribution in [0.25, 0.3) is 0 Å². The van der Waals surface area contributed by atoms with Gasteiger partial charge in [-0.3, -0.25) is 9.59 Å². The molecule has 0 amide bonds. The summed E-state index contributed by atoms with van der Waals surface area (Å²) in [5.74, 6) is -0.178. The number of fused-ring (bicyclic) bond motifs is 3. The van der Waals surface area contributed by atoms with Crippen LogP contribution in [-0.4, -0.2) is 40.5 Å². The van der Waals surface area contributed by atoms with Crippen LogP contribution in [0.3, 0.4) is 0 Å². The van der Waals surface area contributed by atoms with Crippen LogP contribution >= 0.6 is 0 Å². The van der Waals surface area contributed by atoms with Gasteiger partial charge in [-0.2, -0.15) is 0 Å². The summed E-state index contributed by atoms with van der Waals surface area (Å²) < 4.78 is 0. The predicted molar refractivity (Wildman–Crippen MR) is 123 cm³/mol. The number of nitrogens with one attached hydrogen (secondary N) is 1. The number of para-hydroxylation sites is 1. The highest BCUT2D eigenvalue weighted by molar-refractivity contribution is 5.93. The van der Waals surface area contributed by atoms with Crippen molar-refractivity contribution in [2.45, 2.75) is 72.0 Å². The van der Waals surface area contributed by atoms with Gasteiger partial charge in [0.25, 0.3) is 0 Å². The molecule has 0 saturated heterocycles. The largest absolute Gasteiger partial charge is 0.392 e. The van der Waals surface area contributed by atoms with Crippen molar-refractivity contribution in [3.05, 3.63) is 29.8 Å². The fraction of sp³-hybridized carbons (Fsp3) is 0.704. The zero-order valence-electron chi connectivity index (χ0n) is 19.7. The van der Waals surface area contributed by atoms with Gasteiger partial charge < -0.3 is 15.5 Å². The van der Waals surface area contributed by atoms with Gasteiger partial charge in [0, 0.05) is 30.0 Å². The van der Waals surface area contributed by atoms with Crippen molar-refractivity contribution in [1.29, 1.82) is 0 Å². The third kappa shape index (κ3) is 2.64. The number of hydrogen-bond donors (Lipinski definition) is 3. The third-order valence-electron chi connectivity index (χ3n) is 10.3. The van der Waals surface area contributed by atoms with Crippen molar-refractivity contribution < 1.29 is 19.8 Å². The Hall–Kier alpha value is -1.72. The van der Waals surface area contributed by atoms with Gasteiger partial charge in [0.15, 0.2) is 0 Å². The van der Waals surface area contributed by atoms with E-state index in [2.05, 4.69) is 12.2 Å². The average Bonchev–Trinajstić information content (AvgIpc) is 2.86. The fourth-order valence-electron chi connectivity index (χ4n) is 8.57. The molecule has 0 heterocycles. The zero-order chi connectivity index (χ0) is 23.1. The molecule has 2 bridgehead atoms. The van der Waals surface area contributed by atoms with E-state index >= 15 is 0 Å². The standard InChI is InChI=1S/C27H37NO4/c1-15-7-5-6-8-18(15)28-14-17-16-9-10-19-26(4)12-11-21(29)25(2,3)20(26)13-22(30)27(19,23(16)31)24(17)32/h5-8,16-17,19-20,22-23,28,30-31H,9-14H2,1-4H3/t16-,17?,19-,20+,22+,23+,26-,27+/m0/s1. The summed E-state index contributed by atoms with van der Waals surface area (Å²) in [4.78, 5) is 26.8. The molecule has 4 fully saturated rings. The molecule has 5 heteroatoms. The van der Waals surface area contributed by atoms with Gasteiger partial charge in [-0.05, 0) is 67.4 Å². The van der Waals surface area contributed by atoms with Crippen molar-refractivity contribution in [2.75, 3.05) is 11.9 Å². The van der Waals surface area contributed by atoms with E-state index in [-0.39, 0.29) is 40.7 Å². The Bertz CT molecular complexity index is 957. The van der Waals surface area contributed by atoms with E-state index in [4.69, 9.17) is 0 Å². The van der Waals surface area contributed by atoms with Gasteiger partial charge in [-0.25, -0.2) is 0 Å². The van der Waals surface area contributed by atoms with Crippen LogP contribution in [-0.2, 0) is 9.59 Å². The molecule has 1 spiro atoms. The number of hydrogen-bond acceptors (Lipinski definition) is 5. The Morgan fingerprint density at radius 2 is 1.78 bits per heavy atom. The number of aliphatic hydroxyl groups is 2. The Morgan fingerprint density at radius 1 is 1.06 bits per heavy atom. The maximum atomic E-state index is 14.1. The summed E-state index contributed by atoms with van der Waals surface area (Å²) in [5, 5.41) is 26.5. The molecule has 1 aromatic carbocycles. The van der Waals surface area contributed by atoms with Crippen molar-refractivity contribution in [3.63, 3.8) is 0 Å². The van der Waals surface area contributed by atoms with Gasteiger partial charge in [0.1, 0.15) is 11.6 Å². The van der Waals surface area contributed by atoms with Gasteiger partial charge >= 0.3 is 0 Å². The molecule has 4 aliphatic rings. The molecule has 5 rings (SSSR count). The van der Waals surface area contributed by atoms with E-state index in [1.54, 1.807) is 0 Å². The molecule has 4 saturated carbocycles. The fourth-order valence-corrected chi connectivity index (χ4v) is 8.57. The summed E-state index contributed by atoms with van der Waals surface area (Å²) >= 11 is 0. The van der Waals surface area contributed by atoms with E-state index in [1.165, 1.54) is 0 Å². The maximum Gasteiger partial charge on any atom is 0.149 e. The molecule has 5 nitrogen and oxygen atoms in total. The molecule has 174 valence electrons. The van der Waals surface area contributed by atoms with Gasteiger partial charge in [0.2, 0.25) is 0 Å². The van der Waals surface area contributed by atoms with Crippen molar-refractivity contribution in [2.24, 2.45) is 39.9 Å². The molecule has 0 radical (unpaired) electrons. The summed E-state index contributed by atoms with van der Waals surface area (Å²) in [6.45, 7) is 8.77. The first kappa shape index (κ1) is 22.1. The molecule has 8 atom stereocenters. The second-order valence-corrected chi connectivity index (χ2v) is 11.8. The number of ketones is 2. The number of anilines is 1. The minimum atomic E-state index is -1.09. The highest BCUT2D eigenvalue weighted by atomic mass is 16.3. The van der Waals surface area contributed by atoms with Gasteiger partial charge in [0.05, 0.1) is 17.6 Å². The Labute approximate surface area is 191 Å². The van der Waals surface area contributed by atoms with Gasteiger partial charge in [-0.1, -0.05) is 39.0 Å². The van der Waals surface area contributed by atoms with Crippen LogP contribution in [0.1, 0.15) is 58.4 Å². The summed E-state index contributed by atoms with van der Waals surface area (Å²) in [6.07, 6.45) is 1.60.